The van der Waals surface area contributed by atoms with E-state index >= 15 is 0 Å². The van der Waals surface area contributed by atoms with Crippen molar-refractivity contribution in [3.63, 3.8) is 0 Å². The number of H-pyrrole nitrogens is 1. The molecule has 3 saturated heterocycles. The number of hydrogen-bond donors (Lipinski definition) is 5. The number of pyridine rings is 1. The third-order valence-corrected chi connectivity index (χ3v) is 27.1. The highest BCUT2D eigenvalue weighted by molar-refractivity contribution is 6.39. The molecular weight excluding hydrogens is 1750 g/mol. The number of rotatable bonds is 31. The quantitative estimate of drug-likeness (QED) is 0.0117. The van der Waals surface area contributed by atoms with Crippen LogP contribution in [0.1, 0.15) is 171 Å². The van der Waals surface area contributed by atoms with Gasteiger partial charge >= 0.3 is 11.9 Å². The molecule has 15 atom stereocenters. The summed E-state index contributed by atoms with van der Waals surface area (Å²) < 4.78 is 60.9. The van der Waals surface area contributed by atoms with Crippen molar-refractivity contribution in [3.05, 3.63) is 149 Å². The molecule has 1 aromatic carbocycles. The van der Waals surface area contributed by atoms with Gasteiger partial charge in [0.2, 0.25) is 23.6 Å². The van der Waals surface area contributed by atoms with Crippen molar-refractivity contribution in [2.75, 3.05) is 136 Å². The predicted molar refractivity (Wildman–Crippen MR) is 506 cm³/mol. The molecule has 36 heteroatoms. The summed E-state index contributed by atoms with van der Waals surface area (Å²) in [7, 11) is 4.51. The van der Waals surface area contributed by atoms with Gasteiger partial charge in [-0.3, -0.25) is 33.6 Å². The molecule has 36 nitrogen and oxygen atoms in total. The number of nitrogens with two attached hydrogens (primary N) is 1. The van der Waals surface area contributed by atoms with Gasteiger partial charge in [-0.2, -0.15) is 5.10 Å². The van der Waals surface area contributed by atoms with Crippen LogP contribution in [0.5, 0.6) is 0 Å². The van der Waals surface area contributed by atoms with Gasteiger partial charge in [-0.1, -0.05) is 89.3 Å². The highest BCUT2D eigenvalue weighted by atomic mass is 16.6. The number of anilines is 3. The number of carbonyl (C=O) groups excluding carboxylic acids is 8. The first-order chi connectivity index (χ1) is 65.7. The van der Waals surface area contributed by atoms with Gasteiger partial charge in [0.25, 0.3) is 17.6 Å². The van der Waals surface area contributed by atoms with Crippen molar-refractivity contribution in [3.8, 4) is 11.3 Å². The van der Waals surface area contributed by atoms with Crippen LogP contribution in [-0.4, -0.2) is 291 Å². The molecule has 1 saturated carbocycles. The number of amides is 3. The fourth-order valence-corrected chi connectivity index (χ4v) is 19.0. The molecule has 734 valence electrons. The Morgan fingerprint density at radius 1 is 0.706 bits per heavy atom. The number of fused-ring (bicyclic) bond motifs is 6. The van der Waals surface area contributed by atoms with Gasteiger partial charge in [-0.05, 0) is 154 Å². The summed E-state index contributed by atoms with van der Waals surface area (Å²) in [5.41, 5.74) is 14.9. The van der Waals surface area contributed by atoms with Gasteiger partial charge in [-0.25, -0.2) is 44.4 Å². The second kappa shape index (κ2) is 49.3. The summed E-state index contributed by atoms with van der Waals surface area (Å²) in [6, 6.07) is 9.10. The lowest BCUT2D eigenvalue weighted by Gasteiger charge is -2.42. The van der Waals surface area contributed by atoms with Crippen LogP contribution in [0, 0.1) is 35.5 Å². The number of esters is 2. The third-order valence-electron chi connectivity index (χ3n) is 27.1. The first kappa shape index (κ1) is 102. The number of nitrogen functional groups attached to an aromatic ring is 1. The Balaban J connectivity index is 0.494. The maximum Gasteiger partial charge on any atom is 0.329 e. The minimum atomic E-state index is -2.49. The van der Waals surface area contributed by atoms with E-state index in [1.807, 2.05) is 84.0 Å². The minimum absolute atomic E-state index is 0.0236. The van der Waals surface area contributed by atoms with E-state index in [0.29, 0.717) is 202 Å². The number of allylic oxidation sites excluding steroid dienone is 6. The SMILES string of the molecule is CO[C@H]1C[C@@H]2CC[C@@H](C)[C@@](O)(O2)C(=O)C(=O)N2CCCC[C@H]2C(=O)O[C@H]([C@H](C)C[C@@H]2CC[C@@H](OC(=O)CCc3cnc(N4CCN(c5ncc(C(=O)NCCOCCOCCOCCOCCC(=O)N6CCc7cc(Cn8nc(-c9cnc%10[nH]ccc%10c9)c9c(N)ncnc98)ccc7C6)cn5)CC4)nc3)[C@H](OC)C2)CC(=O)[C@H](C)/C=C(\C)[C@@H](O)[C@@H](OC)C(=O)[C@H](C)C[C@H](C)/C=C/C=C/C=C/1C. The van der Waals surface area contributed by atoms with Crippen molar-refractivity contribution in [1.29, 1.82) is 0 Å². The molecule has 3 amide bonds. The lowest BCUT2D eigenvalue weighted by atomic mass is 9.78. The Morgan fingerprint density at radius 2 is 1.42 bits per heavy atom. The molecule has 136 heavy (non-hydrogen) atoms. The van der Waals surface area contributed by atoms with Gasteiger partial charge < -0.3 is 93.2 Å². The normalized spacial score (nSPS) is 26.6. The highest BCUT2D eigenvalue weighted by Crippen LogP contribution is 2.40. The number of methoxy groups -OCH3 is 3. The van der Waals surface area contributed by atoms with Gasteiger partial charge in [0.1, 0.15) is 59.7 Å². The van der Waals surface area contributed by atoms with E-state index in [4.69, 9.17) is 58.2 Å². The Hall–Kier alpha value is -11.1. The van der Waals surface area contributed by atoms with E-state index < -0.39 is 102 Å². The zero-order chi connectivity index (χ0) is 96.5. The predicted octanol–water partition coefficient (Wildman–Crippen LogP) is 9.36. The molecule has 0 spiro atoms. The number of piperazine rings is 1. The van der Waals surface area contributed by atoms with Gasteiger partial charge in [0.05, 0.1) is 95.1 Å². The van der Waals surface area contributed by atoms with E-state index in [1.54, 1.807) is 66.6 Å². The van der Waals surface area contributed by atoms with Gasteiger partial charge in [0.15, 0.2) is 11.4 Å². The number of piperidine rings is 1. The van der Waals surface area contributed by atoms with Crippen LogP contribution in [0.2, 0.25) is 0 Å². The highest BCUT2D eigenvalue weighted by Gasteiger charge is 2.53. The monoisotopic (exact) mass is 1880 g/mol. The Morgan fingerprint density at radius 3 is 2.13 bits per heavy atom. The molecule has 7 aromatic rings. The average molecular weight is 1880 g/mol. The zero-order valence-electron chi connectivity index (χ0n) is 79.9. The van der Waals surface area contributed by atoms with E-state index in [1.165, 1.54) is 36.3 Å². The lowest BCUT2D eigenvalue weighted by molar-refractivity contribution is -0.265. The standard InChI is InChI=1S/C100H134N16O20/c1-62-16-12-11-13-17-63(2)81(127-8)52-77-24-19-68(7)100(126,136-77)91(122)96(124)115-32-15-14-18-78(115)97(125)135-82(53-79(117)64(3)47-67(6)89(121)90(129-10)88(120)66(5)46-62)65(4)48-69-21-25-80(83(50-69)128-9)134-85(119)26-22-71-54-105-98(106-55-71)112-34-36-113(37-35-112)99-107-57-76(58-108-99)95(123)103-31-39-131-41-43-133-45-44-132-42-40-130-38-29-84(118)114-33-28-72-49-70(20-23-74(72)60-114)59-116-94-86(92(101)109-61-110-94)87(111-116)75-51-73-27-30-102-93(73)104-56-75/h11-13,16-17,20,23,27,30,47,49,51,54-58,61-62,64-66,68-69,77-78,80-83,89-90,121,126H,14-15,18-19,21-22,24-26,28-29,31-46,48,50,52-53,59-60H2,1-10H3,(H,102,104)(H,103,123)(H2,101,109,110)/b13-11+,16-12+,63-17+,67-47+/t62-,64-,65-,66-,68-,69+,77+,78+,80-,81+,82+,83-,89-,90+,100-/m1/s1. The maximum atomic E-state index is 14.8. The lowest BCUT2D eigenvalue weighted by Crippen LogP contribution is -2.61. The number of aliphatic hydroxyl groups is 2. The van der Waals surface area contributed by atoms with Crippen molar-refractivity contribution in [1.82, 2.24) is 64.8 Å². The molecule has 1 aliphatic carbocycles. The molecular formula is C100H134N16O20. The summed E-state index contributed by atoms with van der Waals surface area (Å²) in [6.07, 6.45) is 22.9. The number of ether oxygens (including phenoxy) is 10. The Labute approximate surface area is 794 Å². The number of Topliss-reactive ketones (excluding diaryl/α,β-unsaturated/α-hetero) is 3. The number of carbonyl (C=O) groups is 8. The first-order valence-corrected chi connectivity index (χ1v) is 47.9. The first-order valence-electron chi connectivity index (χ1n) is 47.9. The summed E-state index contributed by atoms with van der Waals surface area (Å²) >= 11 is 0. The molecule has 6 aromatic heterocycles. The molecule has 6 aliphatic rings. The number of benzene rings is 1. The number of nitrogens with one attached hydrogen (secondary N) is 2. The van der Waals surface area contributed by atoms with Crippen LogP contribution in [0.25, 0.3) is 33.3 Å². The van der Waals surface area contributed by atoms with E-state index in [2.05, 4.69) is 68.3 Å². The van der Waals surface area contributed by atoms with E-state index in [-0.39, 0.29) is 87.0 Å². The number of aromatic nitrogens is 10. The largest absolute Gasteiger partial charge is 0.460 e. The molecule has 6 N–H and O–H groups in total. The molecule has 11 heterocycles. The molecule has 13 rings (SSSR count). The summed E-state index contributed by atoms with van der Waals surface area (Å²) in [5.74, 6) is -8.03. The molecule has 0 radical (unpaired) electrons. The maximum absolute atomic E-state index is 14.8. The number of aliphatic hydroxyl groups excluding tert-OH is 1. The second-order valence-corrected chi connectivity index (χ2v) is 36.9. The van der Waals surface area contributed by atoms with Crippen LogP contribution >= 0.6 is 0 Å². The molecule has 2 bridgehead atoms. The van der Waals surface area contributed by atoms with Crippen LogP contribution in [0.3, 0.4) is 0 Å². The summed E-state index contributed by atoms with van der Waals surface area (Å²) in [4.78, 5) is 154. The van der Waals surface area contributed by atoms with Crippen LogP contribution in [-0.2, 0) is 107 Å². The van der Waals surface area contributed by atoms with Crippen molar-refractivity contribution < 1.29 is 95.9 Å². The van der Waals surface area contributed by atoms with E-state index in [0.717, 1.165) is 45.3 Å². The van der Waals surface area contributed by atoms with Gasteiger partial charge in [0, 0.05) is 159 Å². The third kappa shape index (κ3) is 26.8. The fraction of sp³-hybridized carbons (Fsp3) is 0.580. The number of aryl methyl sites for hydroxylation is 1. The summed E-state index contributed by atoms with van der Waals surface area (Å²) in [5, 5.41) is 33.3. The Bertz CT molecular complexity index is 5350. The van der Waals surface area contributed by atoms with Crippen LogP contribution < -0.4 is 20.9 Å². The van der Waals surface area contributed by atoms with Crippen LogP contribution in [0.15, 0.2) is 121 Å². The fourth-order valence-electron chi connectivity index (χ4n) is 19.0. The number of cyclic esters (lactones) is 1. The van der Waals surface area contributed by atoms with E-state index in [9.17, 15) is 48.6 Å². The topological polar surface area (TPSA) is 444 Å². The number of ketones is 3. The van der Waals surface area contributed by atoms with Crippen molar-refractivity contribution in [2.24, 2.45) is 35.5 Å². The van der Waals surface area contributed by atoms with Crippen molar-refractivity contribution in [2.45, 2.75) is 219 Å². The summed E-state index contributed by atoms with van der Waals surface area (Å²) in [6.45, 7) is 19.5. The van der Waals surface area contributed by atoms with Gasteiger partial charge in [-0.15, -0.1) is 0 Å². The van der Waals surface area contributed by atoms with Crippen molar-refractivity contribution >= 4 is 86.8 Å². The average Bonchev–Trinajstić information content (AvgIpc) is 1.73. The molecule has 0 unspecified atom stereocenters. The molecule has 4 fully saturated rings. The molecule has 5 aliphatic heterocycles. The number of hydrogen-bond acceptors (Lipinski definition) is 31. The number of nitrogens with zero attached hydrogens (tertiary/aromatic N) is 13. The second-order valence-electron chi connectivity index (χ2n) is 36.9. The van der Waals surface area contributed by atoms with Crippen LogP contribution in [0.4, 0.5) is 17.7 Å². The minimum Gasteiger partial charge on any atom is -0.460 e. The Kier molecular flexibility index (Phi) is 37.1. The smallest absolute Gasteiger partial charge is 0.329 e. The number of aromatic amines is 1. The zero-order valence-corrected chi connectivity index (χ0v) is 79.9.